The Morgan fingerprint density at radius 2 is 1.88 bits per heavy atom. The highest BCUT2D eigenvalue weighted by molar-refractivity contribution is 4.58. The van der Waals surface area contributed by atoms with E-state index in [-0.39, 0.29) is 6.10 Å². The number of hydrogen-bond donors (Lipinski definition) is 0. The number of unbranched alkanes of at least 4 members (excludes halogenated alkanes) is 1. The van der Waals surface area contributed by atoms with E-state index in [1.54, 1.807) is 7.11 Å². The molecule has 0 aromatic carbocycles. The molecule has 0 aromatic heterocycles. The van der Waals surface area contributed by atoms with Crippen LogP contribution in [0.2, 0.25) is 0 Å². The lowest BCUT2D eigenvalue weighted by Gasteiger charge is -2.21. The summed E-state index contributed by atoms with van der Waals surface area (Å²) in [6, 6.07) is 0. The first-order valence-electron chi connectivity index (χ1n) is 6.46. The van der Waals surface area contributed by atoms with Gasteiger partial charge in [-0.05, 0) is 19.8 Å². The molecule has 3 heteroatoms. The van der Waals surface area contributed by atoms with E-state index in [1.807, 2.05) is 0 Å². The van der Waals surface area contributed by atoms with Crippen LogP contribution in [0.5, 0.6) is 0 Å². The molecule has 0 aromatic rings. The fourth-order valence-corrected chi connectivity index (χ4v) is 1.50. The molecule has 0 spiro atoms. The van der Waals surface area contributed by atoms with Crippen LogP contribution in [0.3, 0.4) is 0 Å². The van der Waals surface area contributed by atoms with Gasteiger partial charge in [-0.3, -0.25) is 0 Å². The molecule has 0 rings (SSSR count). The summed E-state index contributed by atoms with van der Waals surface area (Å²) in [6.45, 7) is 8.47. The van der Waals surface area contributed by atoms with Crippen molar-refractivity contribution in [1.29, 1.82) is 0 Å². The largest absolute Gasteiger partial charge is 0.382 e. The Labute approximate surface area is 100 Å². The summed E-state index contributed by atoms with van der Waals surface area (Å²) in [6.07, 6.45) is 5.19. The minimum Gasteiger partial charge on any atom is -0.382 e. The van der Waals surface area contributed by atoms with Crippen molar-refractivity contribution in [3.8, 4) is 0 Å². The summed E-state index contributed by atoms with van der Waals surface area (Å²) < 4.78 is 16.3. The summed E-state index contributed by atoms with van der Waals surface area (Å²) in [5.41, 5.74) is 0. The van der Waals surface area contributed by atoms with E-state index in [1.165, 1.54) is 12.8 Å². The molecule has 0 saturated heterocycles. The van der Waals surface area contributed by atoms with Crippen LogP contribution in [0.4, 0.5) is 0 Å². The van der Waals surface area contributed by atoms with Gasteiger partial charge in [0.05, 0.1) is 32.0 Å². The number of methoxy groups -OCH3 is 1. The van der Waals surface area contributed by atoms with Crippen LogP contribution in [0.25, 0.3) is 0 Å². The van der Waals surface area contributed by atoms with Gasteiger partial charge in [-0.25, -0.2) is 0 Å². The van der Waals surface area contributed by atoms with Crippen LogP contribution in [-0.4, -0.2) is 39.1 Å². The molecule has 16 heavy (non-hydrogen) atoms. The van der Waals surface area contributed by atoms with Gasteiger partial charge in [-0.15, -0.1) is 0 Å². The highest BCUT2D eigenvalue weighted by atomic mass is 16.5. The average Bonchev–Trinajstić information content (AvgIpc) is 2.30. The fraction of sp³-hybridized carbons (Fsp3) is 1.00. The van der Waals surface area contributed by atoms with E-state index in [4.69, 9.17) is 14.2 Å². The zero-order chi connectivity index (χ0) is 12.2. The molecule has 0 N–H and O–H groups in total. The van der Waals surface area contributed by atoms with Crippen LogP contribution >= 0.6 is 0 Å². The van der Waals surface area contributed by atoms with Crippen molar-refractivity contribution in [1.82, 2.24) is 0 Å². The molecule has 2 unspecified atom stereocenters. The third-order valence-electron chi connectivity index (χ3n) is 2.58. The predicted molar refractivity (Wildman–Crippen MR) is 66.8 cm³/mol. The van der Waals surface area contributed by atoms with E-state index < -0.39 is 0 Å². The molecule has 0 fully saturated rings. The molecular weight excluding hydrogens is 204 g/mol. The SMILES string of the molecule is CCCCC(C)OC(CC)COCCOC. The van der Waals surface area contributed by atoms with Crippen LogP contribution in [0, 0.1) is 0 Å². The average molecular weight is 232 g/mol. The number of ether oxygens (including phenoxy) is 3. The van der Waals surface area contributed by atoms with Gasteiger partial charge in [-0.2, -0.15) is 0 Å². The van der Waals surface area contributed by atoms with E-state index in [2.05, 4.69) is 20.8 Å². The Kier molecular flexibility index (Phi) is 11.3. The highest BCUT2D eigenvalue weighted by Crippen LogP contribution is 2.09. The molecule has 3 nitrogen and oxygen atoms in total. The topological polar surface area (TPSA) is 27.7 Å². The van der Waals surface area contributed by atoms with Crippen molar-refractivity contribution in [2.45, 2.75) is 58.7 Å². The number of hydrogen-bond acceptors (Lipinski definition) is 3. The van der Waals surface area contributed by atoms with Crippen molar-refractivity contribution in [3.05, 3.63) is 0 Å². The van der Waals surface area contributed by atoms with Crippen molar-refractivity contribution in [2.75, 3.05) is 26.9 Å². The van der Waals surface area contributed by atoms with Crippen molar-refractivity contribution in [2.24, 2.45) is 0 Å². The zero-order valence-corrected chi connectivity index (χ0v) is 11.3. The number of rotatable bonds is 11. The van der Waals surface area contributed by atoms with Gasteiger partial charge >= 0.3 is 0 Å². The van der Waals surface area contributed by atoms with Crippen molar-refractivity contribution >= 4 is 0 Å². The normalized spacial score (nSPS) is 15.0. The summed E-state index contributed by atoms with van der Waals surface area (Å²) in [7, 11) is 1.68. The van der Waals surface area contributed by atoms with Gasteiger partial charge in [0.2, 0.25) is 0 Å². The molecule has 98 valence electrons. The molecule has 0 heterocycles. The molecule has 0 saturated carbocycles. The van der Waals surface area contributed by atoms with Gasteiger partial charge in [-0.1, -0.05) is 26.7 Å². The first-order valence-corrected chi connectivity index (χ1v) is 6.46. The minimum atomic E-state index is 0.226. The van der Waals surface area contributed by atoms with Gasteiger partial charge < -0.3 is 14.2 Å². The Balaban J connectivity index is 3.56. The minimum absolute atomic E-state index is 0.226. The quantitative estimate of drug-likeness (QED) is 0.512. The van der Waals surface area contributed by atoms with E-state index >= 15 is 0 Å². The third-order valence-corrected chi connectivity index (χ3v) is 2.58. The Hall–Kier alpha value is -0.120. The monoisotopic (exact) mass is 232 g/mol. The lowest BCUT2D eigenvalue weighted by Crippen LogP contribution is -2.25. The summed E-state index contributed by atoms with van der Waals surface area (Å²) in [5, 5.41) is 0. The van der Waals surface area contributed by atoms with Crippen LogP contribution < -0.4 is 0 Å². The van der Waals surface area contributed by atoms with Gasteiger partial charge in [0.25, 0.3) is 0 Å². The Bertz CT molecular complexity index is 139. The van der Waals surface area contributed by atoms with E-state index in [0.717, 1.165) is 12.8 Å². The smallest absolute Gasteiger partial charge is 0.0809 e. The standard InChI is InChI=1S/C13H28O3/c1-5-7-8-12(3)16-13(6-2)11-15-10-9-14-4/h12-13H,5-11H2,1-4H3. The maximum absolute atomic E-state index is 5.92. The molecule has 0 bridgehead atoms. The lowest BCUT2D eigenvalue weighted by atomic mass is 10.2. The van der Waals surface area contributed by atoms with Gasteiger partial charge in [0.1, 0.15) is 0 Å². The molecule has 0 aliphatic rings. The Morgan fingerprint density at radius 1 is 1.12 bits per heavy atom. The molecule has 0 aliphatic carbocycles. The van der Waals surface area contributed by atoms with Crippen molar-refractivity contribution in [3.63, 3.8) is 0 Å². The summed E-state index contributed by atoms with van der Waals surface area (Å²) in [4.78, 5) is 0. The zero-order valence-electron chi connectivity index (χ0n) is 11.3. The predicted octanol–water partition coefficient (Wildman–Crippen LogP) is 3.02. The Morgan fingerprint density at radius 3 is 2.44 bits per heavy atom. The first-order chi connectivity index (χ1) is 7.74. The second-order valence-electron chi connectivity index (χ2n) is 4.19. The second-order valence-corrected chi connectivity index (χ2v) is 4.19. The van der Waals surface area contributed by atoms with Gasteiger partial charge in [0.15, 0.2) is 0 Å². The molecular formula is C13H28O3. The summed E-state index contributed by atoms with van der Waals surface area (Å²) in [5.74, 6) is 0. The molecule has 2 atom stereocenters. The fourth-order valence-electron chi connectivity index (χ4n) is 1.50. The molecule has 0 amide bonds. The first kappa shape index (κ1) is 15.9. The maximum atomic E-state index is 5.92. The van der Waals surface area contributed by atoms with Crippen LogP contribution in [0.15, 0.2) is 0 Å². The van der Waals surface area contributed by atoms with Crippen molar-refractivity contribution < 1.29 is 14.2 Å². The lowest BCUT2D eigenvalue weighted by molar-refractivity contribution is -0.0606. The second kappa shape index (κ2) is 11.4. The third kappa shape index (κ3) is 9.13. The van der Waals surface area contributed by atoms with Gasteiger partial charge in [0, 0.05) is 7.11 Å². The van der Waals surface area contributed by atoms with Crippen LogP contribution in [-0.2, 0) is 14.2 Å². The molecule has 0 radical (unpaired) electrons. The molecule has 0 aliphatic heterocycles. The summed E-state index contributed by atoms with van der Waals surface area (Å²) >= 11 is 0. The maximum Gasteiger partial charge on any atom is 0.0809 e. The van der Waals surface area contributed by atoms with E-state index in [9.17, 15) is 0 Å². The van der Waals surface area contributed by atoms with Crippen LogP contribution in [0.1, 0.15) is 46.5 Å². The highest BCUT2D eigenvalue weighted by Gasteiger charge is 2.11. The van der Waals surface area contributed by atoms with E-state index in [0.29, 0.717) is 25.9 Å².